The molecule has 0 aliphatic carbocycles. The molecule has 0 aliphatic rings. The van der Waals surface area contributed by atoms with Gasteiger partial charge in [0.2, 0.25) is 0 Å². The number of thiophene rings is 1. The normalized spacial score (nSPS) is 14.3. The summed E-state index contributed by atoms with van der Waals surface area (Å²) in [7, 11) is 0. The second kappa shape index (κ2) is 6.85. The standard InChI is InChI=1S/C16H21NOS/c1-12-4-2-5-13(10-12)7-8-15(18)14(11-17)16-6-3-9-19-16/h2-6,9-10,14-15,18H,7-8,11,17H2,1H3. The first-order valence-electron chi connectivity index (χ1n) is 6.68. The van der Waals surface area contributed by atoms with Gasteiger partial charge in [-0.3, -0.25) is 0 Å². The van der Waals surface area contributed by atoms with Crippen LogP contribution in [0.25, 0.3) is 0 Å². The molecule has 102 valence electrons. The largest absolute Gasteiger partial charge is 0.392 e. The Kier molecular flexibility index (Phi) is 5.14. The van der Waals surface area contributed by atoms with E-state index in [1.807, 2.05) is 11.4 Å². The van der Waals surface area contributed by atoms with Crippen molar-refractivity contribution in [2.24, 2.45) is 5.73 Å². The zero-order valence-electron chi connectivity index (χ0n) is 11.3. The minimum atomic E-state index is -0.371. The van der Waals surface area contributed by atoms with Crippen molar-refractivity contribution in [2.75, 3.05) is 6.54 Å². The Hall–Kier alpha value is -1.16. The summed E-state index contributed by atoms with van der Waals surface area (Å²) in [5, 5.41) is 12.4. The Balaban J connectivity index is 1.95. The van der Waals surface area contributed by atoms with E-state index in [0.717, 1.165) is 12.8 Å². The molecule has 3 N–H and O–H groups in total. The molecule has 0 bridgehead atoms. The number of benzene rings is 1. The van der Waals surface area contributed by atoms with Crippen molar-refractivity contribution in [1.82, 2.24) is 0 Å². The van der Waals surface area contributed by atoms with Crippen molar-refractivity contribution in [1.29, 1.82) is 0 Å². The molecule has 19 heavy (non-hydrogen) atoms. The quantitative estimate of drug-likeness (QED) is 0.851. The summed E-state index contributed by atoms with van der Waals surface area (Å²) in [5.74, 6) is 0.0600. The summed E-state index contributed by atoms with van der Waals surface area (Å²) in [4.78, 5) is 1.18. The van der Waals surface area contributed by atoms with Crippen molar-refractivity contribution in [3.8, 4) is 0 Å². The summed E-state index contributed by atoms with van der Waals surface area (Å²) >= 11 is 1.67. The van der Waals surface area contributed by atoms with Crippen LogP contribution in [0.4, 0.5) is 0 Å². The lowest BCUT2D eigenvalue weighted by Crippen LogP contribution is -2.25. The van der Waals surface area contributed by atoms with Crippen LogP contribution in [-0.4, -0.2) is 17.8 Å². The van der Waals surface area contributed by atoms with E-state index < -0.39 is 0 Å². The number of aliphatic hydroxyl groups excluding tert-OH is 1. The van der Waals surface area contributed by atoms with Crippen molar-refractivity contribution in [3.63, 3.8) is 0 Å². The van der Waals surface area contributed by atoms with Crippen LogP contribution in [0.2, 0.25) is 0 Å². The Bertz CT molecular complexity index is 495. The topological polar surface area (TPSA) is 46.2 Å². The van der Waals surface area contributed by atoms with Gasteiger partial charge in [-0.05, 0) is 36.8 Å². The zero-order valence-corrected chi connectivity index (χ0v) is 12.1. The molecule has 0 saturated carbocycles. The molecular formula is C16H21NOS. The minimum Gasteiger partial charge on any atom is -0.392 e. The molecule has 1 aromatic heterocycles. The van der Waals surface area contributed by atoms with E-state index in [1.54, 1.807) is 11.3 Å². The lowest BCUT2D eigenvalue weighted by atomic mass is 9.94. The van der Waals surface area contributed by atoms with Gasteiger partial charge in [0.1, 0.15) is 0 Å². The molecule has 0 spiro atoms. The van der Waals surface area contributed by atoms with Crippen LogP contribution < -0.4 is 5.73 Å². The van der Waals surface area contributed by atoms with Crippen molar-refractivity contribution < 1.29 is 5.11 Å². The van der Waals surface area contributed by atoms with Crippen molar-refractivity contribution >= 4 is 11.3 Å². The molecule has 0 fully saturated rings. The summed E-state index contributed by atoms with van der Waals surface area (Å²) < 4.78 is 0. The SMILES string of the molecule is Cc1cccc(CCC(O)C(CN)c2cccs2)c1. The number of rotatable bonds is 6. The number of hydrogen-bond donors (Lipinski definition) is 2. The van der Waals surface area contributed by atoms with Crippen LogP contribution in [0, 0.1) is 6.92 Å². The van der Waals surface area contributed by atoms with E-state index in [1.165, 1.54) is 16.0 Å². The second-order valence-electron chi connectivity index (χ2n) is 4.95. The summed E-state index contributed by atoms with van der Waals surface area (Å²) in [6.07, 6.45) is 1.28. The molecular weight excluding hydrogens is 254 g/mol. The average Bonchev–Trinajstić information content (AvgIpc) is 2.91. The molecule has 1 aromatic carbocycles. The number of hydrogen-bond acceptors (Lipinski definition) is 3. The Morgan fingerprint density at radius 2 is 2.11 bits per heavy atom. The van der Waals surface area contributed by atoms with Crippen LogP contribution in [0.15, 0.2) is 41.8 Å². The molecule has 0 saturated heterocycles. The maximum absolute atomic E-state index is 10.3. The van der Waals surface area contributed by atoms with E-state index in [4.69, 9.17) is 5.73 Å². The van der Waals surface area contributed by atoms with E-state index in [9.17, 15) is 5.11 Å². The fourth-order valence-electron chi connectivity index (χ4n) is 2.35. The van der Waals surface area contributed by atoms with Crippen LogP contribution in [0.1, 0.15) is 28.3 Å². The average molecular weight is 275 g/mol. The maximum atomic E-state index is 10.3. The first kappa shape index (κ1) is 14.3. The molecule has 0 amide bonds. The molecule has 2 aromatic rings. The molecule has 1 heterocycles. The van der Waals surface area contributed by atoms with Gasteiger partial charge in [0.25, 0.3) is 0 Å². The third-order valence-electron chi connectivity index (χ3n) is 3.44. The Labute approximate surface area is 118 Å². The van der Waals surface area contributed by atoms with E-state index in [2.05, 4.69) is 37.3 Å². The summed E-state index contributed by atoms with van der Waals surface area (Å²) in [6.45, 7) is 2.59. The van der Waals surface area contributed by atoms with Crippen LogP contribution in [-0.2, 0) is 6.42 Å². The van der Waals surface area contributed by atoms with Gasteiger partial charge in [0, 0.05) is 17.3 Å². The Morgan fingerprint density at radius 3 is 2.74 bits per heavy atom. The number of aliphatic hydroxyl groups is 1. The first-order chi connectivity index (χ1) is 9.20. The highest BCUT2D eigenvalue weighted by Gasteiger charge is 2.20. The van der Waals surface area contributed by atoms with Gasteiger partial charge in [-0.15, -0.1) is 11.3 Å². The van der Waals surface area contributed by atoms with E-state index >= 15 is 0 Å². The monoisotopic (exact) mass is 275 g/mol. The fourth-order valence-corrected chi connectivity index (χ4v) is 3.25. The minimum absolute atomic E-state index is 0.0600. The summed E-state index contributed by atoms with van der Waals surface area (Å²) in [6, 6.07) is 12.5. The number of nitrogens with two attached hydrogens (primary N) is 1. The predicted octanol–water partition coefficient (Wildman–Crippen LogP) is 3.09. The molecule has 2 rings (SSSR count). The highest BCUT2D eigenvalue weighted by Crippen LogP contribution is 2.26. The van der Waals surface area contributed by atoms with Gasteiger partial charge in [-0.25, -0.2) is 0 Å². The third kappa shape index (κ3) is 3.90. The molecule has 2 nitrogen and oxygen atoms in total. The van der Waals surface area contributed by atoms with Gasteiger partial charge in [0.05, 0.1) is 6.10 Å². The van der Waals surface area contributed by atoms with Gasteiger partial charge in [-0.2, -0.15) is 0 Å². The van der Waals surface area contributed by atoms with Crippen LogP contribution >= 0.6 is 11.3 Å². The van der Waals surface area contributed by atoms with Gasteiger partial charge < -0.3 is 10.8 Å². The molecule has 0 aliphatic heterocycles. The lowest BCUT2D eigenvalue weighted by Gasteiger charge is -2.20. The van der Waals surface area contributed by atoms with E-state index in [0.29, 0.717) is 6.54 Å². The molecule has 3 heteroatoms. The summed E-state index contributed by atoms with van der Waals surface area (Å²) in [5.41, 5.74) is 8.35. The zero-order chi connectivity index (χ0) is 13.7. The highest BCUT2D eigenvalue weighted by atomic mass is 32.1. The van der Waals surface area contributed by atoms with Crippen LogP contribution in [0.3, 0.4) is 0 Å². The second-order valence-corrected chi connectivity index (χ2v) is 5.93. The van der Waals surface area contributed by atoms with E-state index in [-0.39, 0.29) is 12.0 Å². The van der Waals surface area contributed by atoms with Crippen molar-refractivity contribution in [3.05, 3.63) is 57.8 Å². The smallest absolute Gasteiger partial charge is 0.0632 e. The predicted molar refractivity (Wildman–Crippen MR) is 81.6 cm³/mol. The molecule has 2 atom stereocenters. The number of aryl methyl sites for hydroxylation is 2. The molecule has 0 radical (unpaired) electrons. The fraction of sp³-hybridized carbons (Fsp3) is 0.375. The maximum Gasteiger partial charge on any atom is 0.0632 e. The van der Waals surface area contributed by atoms with Gasteiger partial charge >= 0.3 is 0 Å². The Morgan fingerprint density at radius 1 is 1.26 bits per heavy atom. The van der Waals surface area contributed by atoms with Crippen molar-refractivity contribution in [2.45, 2.75) is 31.8 Å². The first-order valence-corrected chi connectivity index (χ1v) is 7.55. The lowest BCUT2D eigenvalue weighted by molar-refractivity contribution is 0.137. The molecule has 2 unspecified atom stereocenters. The van der Waals surface area contributed by atoms with Crippen LogP contribution in [0.5, 0.6) is 0 Å². The van der Waals surface area contributed by atoms with Gasteiger partial charge in [0.15, 0.2) is 0 Å². The highest BCUT2D eigenvalue weighted by molar-refractivity contribution is 7.10. The van der Waals surface area contributed by atoms with Gasteiger partial charge in [-0.1, -0.05) is 35.9 Å². The third-order valence-corrected chi connectivity index (χ3v) is 4.44.